The number of nitrogens with zero attached hydrogens (tertiary/aromatic N) is 2. The molecule has 0 fully saturated rings. The van der Waals surface area contributed by atoms with Crippen LogP contribution in [0.3, 0.4) is 0 Å². The Morgan fingerprint density at radius 2 is 2.05 bits per heavy atom. The maximum atomic E-state index is 12.4. The van der Waals surface area contributed by atoms with Gasteiger partial charge in [0, 0.05) is 17.7 Å². The molecule has 116 valence electrons. The summed E-state index contributed by atoms with van der Waals surface area (Å²) in [7, 11) is 1.77. The van der Waals surface area contributed by atoms with E-state index in [-0.39, 0.29) is 5.91 Å². The summed E-state index contributed by atoms with van der Waals surface area (Å²) in [6.45, 7) is 0.955. The van der Waals surface area contributed by atoms with Crippen LogP contribution in [0.25, 0.3) is 0 Å². The number of carbonyl (C=O) groups excluding carboxylic acids is 1. The summed E-state index contributed by atoms with van der Waals surface area (Å²) >= 11 is 4.85. The van der Waals surface area contributed by atoms with Crippen LogP contribution in [-0.4, -0.2) is 42.2 Å². The standard InChI is InChI=1S/C16H17BrN2O2S/c1-19(10-11-21-13-7-5-12(17)6-8-13)16(20)14-4-3-9-18-15(14)22-2/h3-9H,10-11H2,1-2H3. The van der Waals surface area contributed by atoms with Crippen LogP contribution in [0, 0.1) is 0 Å². The maximum absolute atomic E-state index is 12.4. The molecule has 0 aliphatic rings. The zero-order valence-corrected chi connectivity index (χ0v) is 14.9. The molecule has 2 rings (SSSR count). The second-order valence-electron chi connectivity index (χ2n) is 4.59. The van der Waals surface area contributed by atoms with Gasteiger partial charge in [0.15, 0.2) is 0 Å². The van der Waals surface area contributed by atoms with Crippen LogP contribution in [0.4, 0.5) is 0 Å². The lowest BCUT2D eigenvalue weighted by Crippen LogP contribution is -2.31. The van der Waals surface area contributed by atoms with E-state index in [9.17, 15) is 4.79 Å². The Balaban J connectivity index is 1.90. The fourth-order valence-corrected chi connectivity index (χ4v) is 2.66. The summed E-state index contributed by atoms with van der Waals surface area (Å²) in [4.78, 5) is 18.3. The van der Waals surface area contributed by atoms with Gasteiger partial charge in [0.1, 0.15) is 17.4 Å². The van der Waals surface area contributed by atoms with Crippen LogP contribution < -0.4 is 4.74 Å². The molecule has 0 atom stereocenters. The molecule has 1 aromatic heterocycles. The number of hydrogen-bond donors (Lipinski definition) is 0. The summed E-state index contributed by atoms with van der Waals surface area (Å²) in [5.41, 5.74) is 0.626. The van der Waals surface area contributed by atoms with E-state index in [0.717, 1.165) is 15.2 Å². The van der Waals surface area contributed by atoms with Crippen LogP contribution in [0.2, 0.25) is 0 Å². The normalized spacial score (nSPS) is 10.3. The number of pyridine rings is 1. The lowest BCUT2D eigenvalue weighted by atomic mass is 10.2. The third kappa shape index (κ3) is 4.48. The number of benzene rings is 1. The van der Waals surface area contributed by atoms with Crippen molar-refractivity contribution >= 4 is 33.6 Å². The summed E-state index contributed by atoms with van der Waals surface area (Å²) in [5, 5.41) is 0.744. The Hall–Kier alpha value is -1.53. The zero-order valence-electron chi connectivity index (χ0n) is 12.5. The van der Waals surface area contributed by atoms with Crippen molar-refractivity contribution in [1.82, 2.24) is 9.88 Å². The van der Waals surface area contributed by atoms with Gasteiger partial charge in [-0.25, -0.2) is 4.98 Å². The smallest absolute Gasteiger partial charge is 0.256 e. The number of thioether (sulfide) groups is 1. The Morgan fingerprint density at radius 1 is 1.32 bits per heavy atom. The minimum Gasteiger partial charge on any atom is -0.492 e. The van der Waals surface area contributed by atoms with E-state index in [2.05, 4.69) is 20.9 Å². The number of halogens is 1. The van der Waals surface area contributed by atoms with E-state index in [1.807, 2.05) is 30.5 Å². The van der Waals surface area contributed by atoms with Gasteiger partial charge in [0.2, 0.25) is 0 Å². The average molecular weight is 381 g/mol. The van der Waals surface area contributed by atoms with Gasteiger partial charge < -0.3 is 9.64 Å². The van der Waals surface area contributed by atoms with Gasteiger partial charge >= 0.3 is 0 Å². The first kappa shape index (κ1) is 16.8. The van der Waals surface area contributed by atoms with Gasteiger partial charge in [-0.1, -0.05) is 15.9 Å². The van der Waals surface area contributed by atoms with Crippen molar-refractivity contribution in [2.75, 3.05) is 26.5 Å². The van der Waals surface area contributed by atoms with E-state index in [4.69, 9.17) is 4.74 Å². The molecule has 0 bridgehead atoms. The summed E-state index contributed by atoms with van der Waals surface area (Å²) < 4.78 is 6.65. The van der Waals surface area contributed by atoms with Gasteiger partial charge in [-0.15, -0.1) is 11.8 Å². The molecule has 1 heterocycles. The van der Waals surface area contributed by atoms with Gasteiger partial charge in [-0.2, -0.15) is 0 Å². The zero-order chi connectivity index (χ0) is 15.9. The highest BCUT2D eigenvalue weighted by Crippen LogP contribution is 2.18. The van der Waals surface area contributed by atoms with Crippen molar-refractivity contribution in [1.29, 1.82) is 0 Å². The van der Waals surface area contributed by atoms with Gasteiger partial charge in [0.05, 0.1) is 12.1 Å². The van der Waals surface area contributed by atoms with Crippen LogP contribution >= 0.6 is 27.7 Å². The summed E-state index contributed by atoms with van der Waals surface area (Å²) in [6, 6.07) is 11.2. The van der Waals surface area contributed by atoms with Crippen LogP contribution in [-0.2, 0) is 0 Å². The molecule has 1 aromatic carbocycles. The summed E-state index contributed by atoms with van der Waals surface area (Å²) in [5.74, 6) is 0.743. The first-order valence-electron chi connectivity index (χ1n) is 6.74. The third-order valence-corrected chi connectivity index (χ3v) is 4.29. The molecule has 0 aliphatic carbocycles. The van der Waals surface area contributed by atoms with Crippen LogP contribution in [0.15, 0.2) is 52.1 Å². The number of ether oxygens (including phenoxy) is 1. The molecule has 2 aromatic rings. The molecule has 0 N–H and O–H groups in total. The first-order chi connectivity index (χ1) is 10.6. The van der Waals surface area contributed by atoms with Crippen molar-refractivity contribution in [3.8, 4) is 5.75 Å². The van der Waals surface area contributed by atoms with E-state index in [1.165, 1.54) is 11.8 Å². The lowest BCUT2D eigenvalue weighted by Gasteiger charge is -2.18. The fourth-order valence-electron chi connectivity index (χ4n) is 1.85. The Bertz CT molecular complexity index is 634. The monoisotopic (exact) mass is 380 g/mol. The SMILES string of the molecule is CSc1ncccc1C(=O)N(C)CCOc1ccc(Br)cc1. The van der Waals surface area contributed by atoms with Crippen molar-refractivity contribution < 1.29 is 9.53 Å². The van der Waals surface area contributed by atoms with Crippen molar-refractivity contribution in [2.24, 2.45) is 0 Å². The highest BCUT2D eigenvalue weighted by Gasteiger charge is 2.15. The molecule has 0 aliphatic heterocycles. The van der Waals surface area contributed by atoms with Crippen LogP contribution in [0.5, 0.6) is 5.75 Å². The minimum atomic E-state index is -0.0446. The molecular weight excluding hydrogens is 364 g/mol. The first-order valence-corrected chi connectivity index (χ1v) is 8.76. The van der Waals surface area contributed by atoms with Crippen LogP contribution in [0.1, 0.15) is 10.4 Å². The average Bonchev–Trinajstić information content (AvgIpc) is 2.55. The number of rotatable bonds is 6. The van der Waals surface area contributed by atoms with E-state index >= 15 is 0 Å². The van der Waals surface area contributed by atoms with Crippen molar-refractivity contribution in [2.45, 2.75) is 5.03 Å². The molecule has 4 nitrogen and oxygen atoms in total. The largest absolute Gasteiger partial charge is 0.492 e. The van der Waals surface area contributed by atoms with E-state index < -0.39 is 0 Å². The minimum absolute atomic E-state index is 0.0446. The molecular formula is C16H17BrN2O2S. The topological polar surface area (TPSA) is 42.4 Å². The maximum Gasteiger partial charge on any atom is 0.256 e. The lowest BCUT2D eigenvalue weighted by molar-refractivity contribution is 0.0769. The van der Waals surface area contributed by atoms with Crippen molar-refractivity contribution in [3.63, 3.8) is 0 Å². The molecule has 0 spiro atoms. The highest BCUT2D eigenvalue weighted by atomic mass is 79.9. The second-order valence-corrected chi connectivity index (χ2v) is 6.30. The number of carbonyl (C=O) groups is 1. The quantitative estimate of drug-likeness (QED) is 0.716. The Kier molecular flexibility index (Phi) is 6.27. The molecule has 0 unspecified atom stereocenters. The van der Waals surface area contributed by atoms with Crippen molar-refractivity contribution in [3.05, 3.63) is 52.6 Å². The van der Waals surface area contributed by atoms with Gasteiger partial charge in [-0.05, 0) is 42.7 Å². The molecule has 0 saturated heterocycles. The Labute approximate surface area is 143 Å². The molecule has 0 radical (unpaired) electrons. The molecule has 0 saturated carbocycles. The fraction of sp³-hybridized carbons (Fsp3) is 0.250. The Morgan fingerprint density at radius 3 is 2.73 bits per heavy atom. The van der Waals surface area contributed by atoms with Gasteiger partial charge in [0.25, 0.3) is 5.91 Å². The van der Waals surface area contributed by atoms with Gasteiger partial charge in [-0.3, -0.25) is 4.79 Å². The predicted octanol–water partition coefficient (Wildman–Crippen LogP) is 3.72. The molecule has 1 amide bonds. The highest BCUT2D eigenvalue weighted by molar-refractivity contribution is 9.10. The number of amides is 1. The van der Waals surface area contributed by atoms with E-state index in [0.29, 0.717) is 18.7 Å². The third-order valence-electron chi connectivity index (χ3n) is 3.05. The predicted molar refractivity (Wildman–Crippen MR) is 92.6 cm³/mol. The number of aromatic nitrogens is 1. The van der Waals surface area contributed by atoms with E-state index in [1.54, 1.807) is 30.3 Å². The number of likely N-dealkylation sites (N-methyl/N-ethyl adjacent to an activating group) is 1. The summed E-state index contributed by atoms with van der Waals surface area (Å²) in [6.07, 6.45) is 3.61. The number of hydrogen-bond acceptors (Lipinski definition) is 4. The second kappa shape index (κ2) is 8.19. The molecule has 22 heavy (non-hydrogen) atoms. The molecule has 6 heteroatoms.